The van der Waals surface area contributed by atoms with Crippen LogP contribution in [0.3, 0.4) is 0 Å². The quantitative estimate of drug-likeness (QED) is 0.603. The molecule has 0 aliphatic heterocycles. The lowest BCUT2D eigenvalue weighted by Gasteiger charge is -2.16. The van der Waals surface area contributed by atoms with Crippen LogP contribution in [0, 0.1) is 11.6 Å². The number of ether oxygens (including phenoxy) is 1. The van der Waals surface area contributed by atoms with Crippen molar-refractivity contribution in [2.45, 2.75) is 12.5 Å². The van der Waals surface area contributed by atoms with Gasteiger partial charge in [-0.2, -0.15) is 11.8 Å². The number of benzene rings is 1. The summed E-state index contributed by atoms with van der Waals surface area (Å²) in [4.78, 5) is 34.4. The molecule has 0 aliphatic carbocycles. The number of rotatable bonds is 8. The van der Waals surface area contributed by atoms with Gasteiger partial charge in [-0.25, -0.2) is 18.4 Å². The average Bonchev–Trinajstić information content (AvgIpc) is 2.51. The van der Waals surface area contributed by atoms with Crippen molar-refractivity contribution in [2.24, 2.45) is 5.73 Å². The van der Waals surface area contributed by atoms with Crippen LogP contribution in [0.4, 0.5) is 19.3 Å². The third-order valence-corrected chi connectivity index (χ3v) is 3.41. The Balaban J connectivity index is 2.54. The molecule has 1 aromatic rings. The summed E-state index contributed by atoms with van der Waals surface area (Å²) in [6, 6.07) is 0.748. The summed E-state index contributed by atoms with van der Waals surface area (Å²) in [5, 5.41) is 4.36. The number of hydrogen-bond acceptors (Lipinski definition) is 5. The Labute approximate surface area is 141 Å². The van der Waals surface area contributed by atoms with Crippen molar-refractivity contribution in [3.8, 4) is 0 Å². The SMILES string of the molecule is CSCC[C@@H](NC(N)=O)C(=O)OCC(=O)Nc1ccc(F)cc1F. The molecule has 4 N–H and O–H groups in total. The van der Waals surface area contributed by atoms with Crippen molar-refractivity contribution in [1.29, 1.82) is 0 Å². The van der Waals surface area contributed by atoms with Crippen LogP contribution in [-0.2, 0) is 14.3 Å². The van der Waals surface area contributed by atoms with Gasteiger partial charge in [-0.3, -0.25) is 4.79 Å². The molecule has 10 heteroatoms. The second-order valence-corrected chi connectivity index (χ2v) is 5.61. The number of primary amides is 1. The number of urea groups is 1. The normalized spacial score (nSPS) is 11.5. The molecule has 0 spiro atoms. The second-order valence-electron chi connectivity index (χ2n) is 4.62. The first kappa shape index (κ1) is 19.7. The number of halogens is 2. The number of thioether (sulfide) groups is 1. The first-order chi connectivity index (χ1) is 11.3. The van der Waals surface area contributed by atoms with Crippen LogP contribution in [-0.4, -0.2) is 42.6 Å². The van der Waals surface area contributed by atoms with E-state index in [0.29, 0.717) is 11.8 Å². The molecule has 132 valence electrons. The third-order valence-electron chi connectivity index (χ3n) is 2.76. The summed E-state index contributed by atoms with van der Waals surface area (Å²) in [6.45, 7) is -0.689. The summed E-state index contributed by atoms with van der Waals surface area (Å²) in [5.41, 5.74) is 4.73. The van der Waals surface area contributed by atoms with Crippen molar-refractivity contribution in [3.05, 3.63) is 29.8 Å². The number of esters is 1. The Morgan fingerprint density at radius 3 is 2.62 bits per heavy atom. The van der Waals surface area contributed by atoms with Gasteiger partial charge in [-0.05, 0) is 30.6 Å². The topological polar surface area (TPSA) is 111 Å². The number of carbonyl (C=O) groups excluding carboxylic acids is 3. The Morgan fingerprint density at radius 2 is 2.04 bits per heavy atom. The first-order valence-corrected chi connectivity index (χ1v) is 8.19. The molecule has 24 heavy (non-hydrogen) atoms. The molecule has 1 atom stereocenters. The standard InChI is InChI=1S/C14H17F2N3O4S/c1-24-5-4-11(19-14(17)22)13(21)23-7-12(20)18-10-3-2-8(15)6-9(10)16/h2-3,6,11H,4-5,7H2,1H3,(H,18,20)(H3,17,19,22)/t11-/m1/s1. The van der Waals surface area contributed by atoms with Crippen LogP contribution in [0.1, 0.15) is 6.42 Å². The van der Waals surface area contributed by atoms with E-state index in [1.807, 2.05) is 6.26 Å². The maximum Gasteiger partial charge on any atom is 0.329 e. The van der Waals surface area contributed by atoms with E-state index in [4.69, 9.17) is 10.5 Å². The van der Waals surface area contributed by atoms with Crippen molar-refractivity contribution in [1.82, 2.24) is 5.32 Å². The highest BCUT2D eigenvalue weighted by Crippen LogP contribution is 2.14. The number of nitrogens with two attached hydrogens (primary N) is 1. The molecule has 0 aliphatic rings. The number of carbonyl (C=O) groups is 3. The molecule has 1 aromatic carbocycles. The van der Waals surface area contributed by atoms with Crippen LogP contribution in [0.15, 0.2) is 18.2 Å². The zero-order valence-corrected chi connectivity index (χ0v) is 13.6. The fraction of sp³-hybridized carbons (Fsp3) is 0.357. The molecule has 0 aromatic heterocycles. The number of anilines is 1. The van der Waals surface area contributed by atoms with Gasteiger partial charge in [-0.15, -0.1) is 0 Å². The Kier molecular flexibility index (Phi) is 7.96. The monoisotopic (exact) mass is 361 g/mol. The van der Waals surface area contributed by atoms with Gasteiger partial charge in [0, 0.05) is 6.07 Å². The highest BCUT2D eigenvalue weighted by molar-refractivity contribution is 7.98. The number of nitrogens with one attached hydrogen (secondary N) is 2. The Hall–Kier alpha value is -2.36. The van der Waals surface area contributed by atoms with Gasteiger partial charge in [-0.1, -0.05) is 0 Å². The number of amides is 3. The third kappa shape index (κ3) is 6.82. The molecular weight excluding hydrogens is 344 g/mol. The van der Waals surface area contributed by atoms with Crippen molar-refractivity contribution in [2.75, 3.05) is 23.9 Å². The van der Waals surface area contributed by atoms with Crippen LogP contribution >= 0.6 is 11.8 Å². The lowest BCUT2D eigenvalue weighted by atomic mass is 10.2. The molecule has 0 fully saturated rings. The van der Waals surface area contributed by atoms with Crippen molar-refractivity contribution < 1.29 is 27.9 Å². The van der Waals surface area contributed by atoms with E-state index in [-0.39, 0.29) is 12.1 Å². The molecule has 0 saturated heterocycles. The fourth-order valence-electron chi connectivity index (χ4n) is 1.67. The minimum Gasteiger partial charge on any atom is -0.454 e. The van der Waals surface area contributed by atoms with Gasteiger partial charge in [0.15, 0.2) is 6.61 Å². The maximum atomic E-state index is 13.4. The van der Waals surface area contributed by atoms with Gasteiger partial charge in [0.1, 0.15) is 17.7 Å². The summed E-state index contributed by atoms with van der Waals surface area (Å²) >= 11 is 1.45. The van der Waals surface area contributed by atoms with E-state index in [2.05, 4.69) is 10.6 Å². The van der Waals surface area contributed by atoms with E-state index >= 15 is 0 Å². The van der Waals surface area contributed by atoms with Gasteiger partial charge < -0.3 is 21.1 Å². The zero-order chi connectivity index (χ0) is 18.1. The molecule has 1 rings (SSSR count). The largest absolute Gasteiger partial charge is 0.454 e. The summed E-state index contributed by atoms with van der Waals surface area (Å²) in [5.74, 6) is -2.82. The Morgan fingerprint density at radius 1 is 1.33 bits per heavy atom. The second kappa shape index (κ2) is 9.71. The van der Waals surface area contributed by atoms with Crippen LogP contribution in [0.2, 0.25) is 0 Å². The zero-order valence-electron chi connectivity index (χ0n) is 12.8. The van der Waals surface area contributed by atoms with Crippen LogP contribution in [0.5, 0.6) is 0 Å². The molecule has 0 unspecified atom stereocenters. The molecule has 0 radical (unpaired) electrons. The van der Waals surface area contributed by atoms with Crippen LogP contribution in [0.25, 0.3) is 0 Å². The predicted molar refractivity (Wildman–Crippen MR) is 85.5 cm³/mol. The van der Waals surface area contributed by atoms with Gasteiger partial charge >= 0.3 is 12.0 Å². The highest BCUT2D eigenvalue weighted by atomic mass is 32.2. The molecule has 0 heterocycles. The van der Waals surface area contributed by atoms with Crippen molar-refractivity contribution >= 4 is 35.4 Å². The van der Waals surface area contributed by atoms with Gasteiger partial charge in [0.25, 0.3) is 5.91 Å². The highest BCUT2D eigenvalue weighted by Gasteiger charge is 2.22. The Bertz CT molecular complexity index is 616. The lowest BCUT2D eigenvalue weighted by molar-refractivity contribution is -0.149. The molecular formula is C14H17F2N3O4S. The minimum absolute atomic E-state index is 0.244. The van der Waals surface area contributed by atoms with E-state index in [1.165, 1.54) is 11.8 Å². The minimum atomic E-state index is -0.981. The summed E-state index contributed by atoms with van der Waals surface area (Å²) < 4.78 is 30.9. The lowest BCUT2D eigenvalue weighted by Crippen LogP contribution is -2.45. The summed E-state index contributed by atoms with van der Waals surface area (Å²) in [6.07, 6.45) is 2.09. The van der Waals surface area contributed by atoms with E-state index in [0.717, 1.165) is 12.1 Å². The van der Waals surface area contributed by atoms with Gasteiger partial charge in [0.2, 0.25) is 0 Å². The fourth-order valence-corrected chi connectivity index (χ4v) is 2.14. The molecule has 3 amide bonds. The van der Waals surface area contributed by atoms with E-state index in [1.54, 1.807) is 0 Å². The van der Waals surface area contributed by atoms with E-state index < -0.39 is 42.2 Å². The van der Waals surface area contributed by atoms with Gasteiger partial charge in [0.05, 0.1) is 5.69 Å². The van der Waals surface area contributed by atoms with Crippen LogP contribution < -0.4 is 16.4 Å². The predicted octanol–water partition coefficient (Wildman–Crippen LogP) is 1.24. The average molecular weight is 361 g/mol. The smallest absolute Gasteiger partial charge is 0.329 e. The number of hydrogen-bond donors (Lipinski definition) is 3. The molecule has 0 saturated carbocycles. The maximum absolute atomic E-state index is 13.4. The van der Waals surface area contributed by atoms with Crippen molar-refractivity contribution in [3.63, 3.8) is 0 Å². The summed E-state index contributed by atoms with van der Waals surface area (Å²) in [7, 11) is 0. The van der Waals surface area contributed by atoms with E-state index in [9.17, 15) is 23.2 Å². The first-order valence-electron chi connectivity index (χ1n) is 6.80. The molecule has 0 bridgehead atoms. The molecule has 7 nitrogen and oxygen atoms in total.